The maximum absolute atomic E-state index is 12.5. The van der Waals surface area contributed by atoms with Crippen LogP contribution in [0.4, 0.5) is 0 Å². The molecule has 0 fully saturated rings. The number of aryl methyl sites for hydroxylation is 1. The summed E-state index contributed by atoms with van der Waals surface area (Å²) in [6, 6.07) is 13.7. The molecule has 0 spiro atoms. The first kappa shape index (κ1) is 21.8. The van der Waals surface area contributed by atoms with Crippen molar-refractivity contribution in [1.29, 1.82) is 0 Å². The van der Waals surface area contributed by atoms with E-state index in [1.54, 1.807) is 17.0 Å². The molecule has 0 saturated carbocycles. The summed E-state index contributed by atoms with van der Waals surface area (Å²) in [6.07, 6.45) is 3.21. The second kappa shape index (κ2) is 11.3. The van der Waals surface area contributed by atoms with E-state index in [-0.39, 0.29) is 43.2 Å². The van der Waals surface area contributed by atoms with Gasteiger partial charge in [0.1, 0.15) is 5.78 Å². The Kier molecular flexibility index (Phi) is 8.82. The maximum atomic E-state index is 12.5. The Morgan fingerprint density at radius 2 is 1.71 bits per heavy atom. The highest BCUT2D eigenvalue weighted by molar-refractivity contribution is 7.14. The second-order valence-corrected chi connectivity index (χ2v) is 8.02. The van der Waals surface area contributed by atoms with Gasteiger partial charge in [0, 0.05) is 43.6 Å². The average molecular weight is 398 g/mol. The quantitative estimate of drug-likeness (QED) is 0.388. The van der Waals surface area contributed by atoms with E-state index in [1.165, 1.54) is 16.9 Å². The molecule has 0 aliphatic rings. The fourth-order valence-corrected chi connectivity index (χ4v) is 3.71. The molecule has 5 heteroatoms. The van der Waals surface area contributed by atoms with Gasteiger partial charge in [-0.1, -0.05) is 36.4 Å². The highest BCUT2D eigenvalue weighted by Crippen LogP contribution is 2.18. The molecule has 4 nitrogen and oxygen atoms in total. The van der Waals surface area contributed by atoms with E-state index in [9.17, 15) is 14.4 Å². The zero-order valence-corrected chi connectivity index (χ0v) is 17.2. The van der Waals surface area contributed by atoms with Gasteiger partial charge in [0.15, 0.2) is 5.78 Å². The summed E-state index contributed by atoms with van der Waals surface area (Å²) in [7, 11) is 0. The van der Waals surface area contributed by atoms with E-state index >= 15 is 0 Å². The van der Waals surface area contributed by atoms with Crippen molar-refractivity contribution in [3.63, 3.8) is 0 Å². The third-order valence-electron chi connectivity index (χ3n) is 4.48. The molecule has 148 valence electrons. The van der Waals surface area contributed by atoms with E-state index < -0.39 is 0 Å². The van der Waals surface area contributed by atoms with Crippen LogP contribution in [-0.2, 0) is 16.0 Å². The van der Waals surface area contributed by atoms with Gasteiger partial charge in [0.25, 0.3) is 0 Å². The molecular formula is C23H27NO3S. The molecule has 0 aliphatic carbocycles. The Morgan fingerprint density at radius 1 is 1.00 bits per heavy atom. The summed E-state index contributed by atoms with van der Waals surface area (Å²) in [5.74, 6) is -0.102. The van der Waals surface area contributed by atoms with E-state index in [4.69, 9.17) is 0 Å². The monoisotopic (exact) mass is 397 g/mol. The molecule has 0 aliphatic heterocycles. The molecule has 0 radical (unpaired) electrons. The minimum Gasteiger partial charge on any atom is -0.339 e. The molecule has 1 aromatic carbocycles. The Morgan fingerprint density at radius 3 is 2.36 bits per heavy atom. The number of carbonyl (C=O) groups excluding carboxylic acids is 3. The minimum absolute atomic E-state index is 0.00563. The van der Waals surface area contributed by atoms with Crippen LogP contribution >= 0.6 is 11.3 Å². The van der Waals surface area contributed by atoms with Gasteiger partial charge in [-0.2, -0.15) is 0 Å². The van der Waals surface area contributed by atoms with Crippen LogP contribution in [0.25, 0.3) is 0 Å². The first-order chi connectivity index (χ1) is 13.5. The first-order valence-corrected chi connectivity index (χ1v) is 10.3. The molecule has 0 N–H and O–H groups in total. The normalized spacial score (nSPS) is 10.5. The predicted molar refractivity (Wildman–Crippen MR) is 114 cm³/mol. The molecule has 0 atom stereocenters. The highest BCUT2D eigenvalue weighted by atomic mass is 32.1. The molecular weight excluding hydrogens is 370 g/mol. The van der Waals surface area contributed by atoms with E-state index in [1.807, 2.05) is 43.3 Å². The lowest BCUT2D eigenvalue weighted by molar-refractivity contribution is -0.132. The standard InChI is InChI=1S/C23H27NO3S/c1-3-16-24(17-15-19-7-5-4-6-8-19)23(27)14-11-20(25)10-12-21(26)22-13-9-18(2)28-22/h3-9,13H,1,10-12,14-17H2,2H3. The number of nitrogens with zero attached hydrogens (tertiary/aromatic N) is 1. The lowest BCUT2D eigenvalue weighted by Gasteiger charge is -2.21. The third-order valence-corrected chi connectivity index (χ3v) is 5.52. The van der Waals surface area contributed by atoms with Crippen molar-refractivity contribution >= 4 is 28.8 Å². The topological polar surface area (TPSA) is 54.5 Å². The van der Waals surface area contributed by atoms with Crippen molar-refractivity contribution in [2.24, 2.45) is 0 Å². The van der Waals surface area contributed by atoms with Gasteiger partial charge in [-0.3, -0.25) is 14.4 Å². The number of Topliss-reactive ketones (excluding diaryl/α,β-unsaturated/α-hetero) is 2. The maximum Gasteiger partial charge on any atom is 0.223 e. The van der Waals surface area contributed by atoms with Gasteiger partial charge in [0.05, 0.1) is 4.88 Å². The minimum atomic E-state index is -0.0515. The number of thiophene rings is 1. The van der Waals surface area contributed by atoms with Gasteiger partial charge in [-0.25, -0.2) is 0 Å². The van der Waals surface area contributed by atoms with E-state index in [0.717, 1.165) is 11.3 Å². The number of hydrogen-bond donors (Lipinski definition) is 0. The van der Waals surface area contributed by atoms with Crippen LogP contribution in [0, 0.1) is 6.92 Å². The van der Waals surface area contributed by atoms with Crippen LogP contribution < -0.4 is 0 Å². The van der Waals surface area contributed by atoms with Crippen molar-refractivity contribution in [1.82, 2.24) is 4.90 Å². The number of hydrogen-bond acceptors (Lipinski definition) is 4. The number of ketones is 2. The highest BCUT2D eigenvalue weighted by Gasteiger charge is 2.16. The van der Waals surface area contributed by atoms with Crippen molar-refractivity contribution in [2.75, 3.05) is 13.1 Å². The fourth-order valence-electron chi connectivity index (χ4n) is 2.87. The van der Waals surface area contributed by atoms with Gasteiger partial charge in [0.2, 0.25) is 5.91 Å². The number of amides is 1. The first-order valence-electron chi connectivity index (χ1n) is 9.53. The number of rotatable bonds is 12. The molecule has 2 aromatic rings. The van der Waals surface area contributed by atoms with Crippen LogP contribution in [0.3, 0.4) is 0 Å². The molecule has 1 aromatic heterocycles. The zero-order valence-electron chi connectivity index (χ0n) is 16.4. The van der Waals surface area contributed by atoms with E-state index in [0.29, 0.717) is 18.0 Å². The molecule has 1 heterocycles. The molecule has 0 bridgehead atoms. The molecule has 1 amide bonds. The molecule has 0 unspecified atom stereocenters. The van der Waals surface area contributed by atoms with Crippen molar-refractivity contribution < 1.29 is 14.4 Å². The van der Waals surface area contributed by atoms with Crippen LogP contribution in [0.2, 0.25) is 0 Å². The van der Waals surface area contributed by atoms with Crippen LogP contribution in [0.1, 0.15) is 45.8 Å². The fraction of sp³-hybridized carbons (Fsp3) is 0.348. The number of benzene rings is 1. The lowest BCUT2D eigenvalue weighted by atomic mass is 10.1. The van der Waals surface area contributed by atoms with Gasteiger partial charge < -0.3 is 4.90 Å². The lowest BCUT2D eigenvalue weighted by Crippen LogP contribution is -2.33. The van der Waals surface area contributed by atoms with Gasteiger partial charge in [-0.05, 0) is 31.0 Å². The summed E-state index contributed by atoms with van der Waals surface area (Å²) in [5.41, 5.74) is 1.17. The zero-order chi connectivity index (χ0) is 20.4. The van der Waals surface area contributed by atoms with Crippen molar-refractivity contribution in [3.8, 4) is 0 Å². The largest absolute Gasteiger partial charge is 0.339 e. The Hall–Kier alpha value is -2.53. The van der Waals surface area contributed by atoms with Gasteiger partial charge in [-0.15, -0.1) is 17.9 Å². The van der Waals surface area contributed by atoms with Crippen LogP contribution in [0.5, 0.6) is 0 Å². The van der Waals surface area contributed by atoms with Crippen molar-refractivity contribution in [2.45, 2.75) is 39.0 Å². The summed E-state index contributed by atoms with van der Waals surface area (Å²) in [6.45, 7) is 6.73. The third kappa shape index (κ3) is 7.24. The van der Waals surface area contributed by atoms with E-state index in [2.05, 4.69) is 6.58 Å². The predicted octanol–water partition coefficient (Wildman–Crippen LogP) is 4.63. The summed E-state index contributed by atoms with van der Waals surface area (Å²) >= 11 is 1.45. The Bertz CT molecular complexity index is 810. The molecule has 28 heavy (non-hydrogen) atoms. The summed E-state index contributed by atoms with van der Waals surface area (Å²) < 4.78 is 0. The molecule has 0 saturated heterocycles. The molecule has 2 rings (SSSR count). The summed E-state index contributed by atoms with van der Waals surface area (Å²) in [4.78, 5) is 40.2. The Labute approximate surface area is 170 Å². The van der Waals surface area contributed by atoms with Gasteiger partial charge >= 0.3 is 0 Å². The second-order valence-electron chi connectivity index (χ2n) is 6.74. The SMILES string of the molecule is C=CCN(CCc1ccccc1)C(=O)CCC(=O)CCC(=O)c1ccc(C)s1. The Balaban J connectivity index is 1.75. The number of carbonyl (C=O) groups is 3. The summed E-state index contributed by atoms with van der Waals surface area (Å²) in [5, 5.41) is 0. The van der Waals surface area contributed by atoms with Crippen LogP contribution in [-0.4, -0.2) is 35.5 Å². The average Bonchev–Trinajstić information content (AvgIpc) is 3.14. The van der Waals surface area contributed by atoms with Crippen LogP contribution in [0.15, 0.2) is 55.1 Å². The van der Waals surface area contributed by atoms with Crippen molar-refractivity contribution in [3.05, 3.63) is 70.4 Å². The smallest absolute Gasteiger partial charge is 0.223 e.